The molecule has 1 heterocycles. The molecule has 0 aliphatic carbocycles. The number of hydrogen-bond donors (Lipinski definition) is 1. The highest BCUT2D eigenvalue weighted by atomic mass is 35.7. The van der Waals surface area contributed by atoms with E-state index < -0.39 is 15.0 Å². The first-order valence-corrected chi connectivity index (χ1v) is 6.92. The van der Waals surface area contributed by atoms with Gasteiger partial charge in [0.05, 0.1) is 6.61 Å². The Hall–Kier alpha value is -1.01. The molecule has 0 aromatic carbocycles. The molecule has 5 nitrogen and oxygen atoms in total. The number of ether oxygens (including phenoxy) is 1. The van der Waals surface area contributed by atoms with Gasteiger partial charge in [0.2, 0.25) is 0 Å². The monoisotopic (exact) mass is 265 g/mol. The van der Waals surface area contributed by atoms with Crippen LogP contribution in [-0.4, -0.2) is 26.0 Å². The molecule has 0 aliphatic rings. The minimum atomic E-state index is -3.81. The van der Waals surface area contributed by atoms with Crippen LogP contribution in [0.15, 0.2) is 17.2 Å². The fourth-order valence-electron chi connectivity index (χ4n) is 0.953. The number of aromatic amines is 1. The number of nitrogens with one attached hydrogen (secondary N) is 1. The van der Waals surface area contributed by atoms with E-state index in [1.54, 1.807) is 0 Å². The van der Waals surface area contributed by atoms with Crippen LogP contribution in [0.3, 0.4) is 0 Å². The standard InChI is InChI=1S/C9H12ClNO4S/c1-6(2)5-15-9(12)8-3-7(4-11-8)16(10,13)14/h3-4,6,11H,5H2,1-2H3. The van der Waals surface area contributed by atoms with Crippen LogP contribution in [0.4, 0.5) is 0 Å². The Morgan fingerprint density at radius 2 is 2.19 bits per heavy atom. The van der Waals surface area contributed by atoms with Gasteiger partial charge in [-0.3, -0.25) is 0 Å². The predicted octanol–water partition coefficient (Wildman–Crippen LogP) is 1.75. The first-order chi connectivity index (χ1) is 7.30. The zero-order valence-electron chi connectivity index (χ0n) is 8.86. The molecule has 1 rings (SSSR count). The first kappa shape index (κ1) is 13.1. The zero-order valence-corrected chi connectivity index (χ0v) is 10.4. The average Bonchev–Trinajstić information content (AvgIpc) is 2.61. The summed E-state index contributed by atoms with van der Waals surface area (Å²) in [5.74, 6) is -0.379. The summed E-state index contributed by atoms with van der Waals surface area (Å²) in [7, 11) is 1.29. The van der Waals surface area contributed by atoms with Crippen molar-refractivity contribution in [1.82, 2.24) is 4.98 Å². The normalized spacial score (nSPS) is 11.8. The molecule has 90 valence electrons. The Balaban J connectivity index is 2.75. The molecule has 1 aromatic rings. The summed E-state index contributed by atoms with van der Waals surface area (Å²) in [4.78, 5) is 13.7. The fourth-order valence-corrected chi connectivity index (χ4v) is 1.68. The van der Waals surface area contributed by atoms with Crippen molar-refractivity contribution in [2.75, 3.05) is 6.61 Å². The third kappa shape index (κ3) is 3.53. The topological polar surface area (TPSA) is 76.2 Å². The van der Waals surface area contributed by atoms with Gasteiger partial charge >= 0.3 is 5.97 Å². The van der Waals surface area contributed by atoms with Gasteiger partial charge in [-0.1, -0.05) is 13.8 Å². The van der Waals surface area contributed by atoms with Gasteiger partial charge in [0, 0.05) is 16.9 Å². The highest BCUT2D eigenvalue weighted by Crippen LogP contribution is 2.16. The van der Waals surface area contributed by atoms with Crippen LogP contribution in [0.2, 0.25) is 0 Å². The van der Waals surface area contributed by atoms with Crippen LogP contribution in [-0.2, 0) is 13.8 Å². The lowest BCUT2D eigenvalue weighted by atomic mass is 10.2. The molecule has 16 heavy (non-hydrogen) atoms. The number of aromatic nitrogens is 1. The third-order valence-electron chi connectivity index (χ3n) is 1.71. The number of carbonyl (C=O) groups is 1. The van der Waals surface area contributed by atoms with Crippen LogP contribution in [0.1, 0.15) is 24.3 Å². The molecule has 0 saturated carbocycles. The van der Waals surface area contributed by atoms with E-state index in [0.717, 1.165) is 12.3 Å². The Labute approximate surface area is 98.2 Å². The van der Waals surface area contributed by atoms with Gasteiger partial charge < -0.3 is 9.72 Å². The van der Waals surface area contributed by atoms with Gasteiger partial charge in [-0.15, -0.1) is 0 Å². The van der Waals surface area contributed by atoms with E-state index in [0.29, 0.717) is 0 Å². The lowest BCUT2D eigenvalue weighted by Gasteiger charge is -2.05. The van der Waals surface area contributed by atoms with E-state index in [2.05, 4.69) is 4.98 Å². The molecule has 0 bridgehead atoms. The van der Waals surface area contributed by atoms with Crippen LogP contribution in [0, 0.1) is 5.92 Å². The number of rotatable bonds is 4. The summed E-state index contributed by atoms with van der Waals surface area (Å²) in [5, 5.41) is 0. The van der Waals surface area contributed by atoms with E-state index in [-0.39, 0.29) is 23.1 Å². The molecule has 0 amide bonds. The van der Waals surface area contributed by atoms with Crippen LogP contribution >= 0.6 is 10.7 Å². The average molecular weight is 266 g/mol. The highest BCUT2D eigenvalue weighted by molar-refractivity contribution is 8.13. The van der Waals surface area contributed by atoms with Gasteiger partial charge in [0.25, 0.3) is 9.05 Å². The summed E-state index contributed by atoms with van der Waals surface area (Å²) in [6, 6.07) is 1.14. The van der Waals surface area contributed by atoms with Gasteiger partial charge in [-0.25, -0.2) is 13.2 Å². The van der Waals surface area contributed by atoms with E-state index in [1.165, 1.54) is 0 Å². The maximum absolute atomic E-state index is 11.4. The Morgan fingerprint density at radius 3 is 2.62 bits per heavy atom. The molecule has 0 saturated heterocycles. The number of esters is 1. The minimum absolute atomic E-state index is 0.0693. The number of halogens is 1. The maximum atomic E-state index is 11.4. The van der Waals surface area contributed by atoms with Crippen LogP contribution in [0.25, 0.3) is 0 Å². The van der Waals surface area contributed by atoms with Crippen molar-refractivity contribution in [2.24, 2.45) is 5.92 Å². The molecule has 0 atom stereocenters. The van der Waals surface area contributed by atoms with Crippen molar-refractivity contribution in [3.63, 3.8) is 0 Å². The molecule has 0 radical (unpaired) electrons. The van der Waals surface area contributed by atoms with Crippen LogP contribution < -0.4 is 0 Å². The van der Waals surface area contributed by atoms with Crippen molar-refractivity contribution in [1.29, 1.82) is 0 Å². The molecule has 1 aromatic heterocycles. The van der Waals surface area contributed by atoms with Crippen molar-refractivity contribution in [3.05, 3.63) is 18.0 Å². The molecule has 7 heteroatoms. The number of H-pyrrole nitrogens is 1. The smallest absolute Gasteiger partial charge is 0.354 e. The summed E-state index contributed by atoms with van der Waals surface area (Å²) >= 11 is 0. The SMILES string of the molecule is CC(C)COC(=O)c1cc(S(=O)(=O)Cl)c[nH]1. The van der Waals surface area contributed by atoms with E-state index >= 15 is 0 Å². The summed E-state index contributed by atoms with van der Waals surface area (Å²) in [5.41, 5.74) is 0.0693. The van der Waals surface area contributed by atoms with E-state index in [4.69, 9.17) is 15.4 Å². The largest absolute Gasteiger partial charge is 0.461 e. The molecule has 0 fully saturated rings. The van der Waals surface area contributed by atoms with Crippen molar-refractivity contribution in [2.45, 2.75) is 18.7 Å². The molecule has 1 N–H and O–H groups in total. The van der Waals surface area contributed by atoms with Crippen LogP contribution in [0.5, 0.6) is 0 Å². The lowest BCUT2D eigenvalue weighted by Crippen LogP contribution is -2.10. The van der Waals surface area contributed by atoms with E-state index in [9.17, 15) is 13.2 Å². The highest BCUT2D eigenvalue weighted by Gasteiger charge is 2.16. The third-order valence-corrected chi connectivity index (χ3v) is 3.04. The molecule has 0 aliphatic heterocycles. The Bertz CT molecular complexity index is 477. The predicted molar refractivity (Wildman–Crippen MR) is 59.0 cm³/mol. The minimum Gasteiger partial charge on any atom is -0.461 e. The molecular weight excluding hydrogens is 254 g/mol. The van der Waals surface area contributed by atoms with Gasteiger partial charge in [-0.2, -0.15) is 0 Å². The fraction of sp³-hybridized carbons (Fsp3) is 0.444. The van der Waals surface area contributed by atoms with Crippen molar-refractivity contribution < 1.29 is 17.9 Å². The quantitative estimate of drug-likeness (QED) is 0.665. The second-order valence-electron chi connectivity index (χ2n) is 3.68. The van der Waals surface area contributed by atoms with Crippen molar-refractivity contribution in [3.8, 4) is 0 Å². The van der Waals surface area contributed by atoms with Gasteiger partial charge in [0.1, 0.15) is 10.6 Å². The summed E-state index contributed by atoms with van der Waals surface area (Å²) in [6.07, 6.45) is 1.15. The lowest BCUT2D eigenvalue weighted by molar-refractivity contribution is 0.0453. The van der Waals surface area contributed by atoms with Gasteiger partial charge in [-0.05, 0) is 12.0 Å². The second-order valence-corrected chi connectivity index (χ2v) is 6.25. The maximum Gasteiger partial charge on any atom is 0.354 e. The summed E-state index contributed by atoms with van der Waals surface area (Å²) < 4.78 is 26.8. The Morgan fingerprint density at radius 1 is 1.56 bits per heavy atom. The molecular formula is C9H12ClNO4S. The van der Waals surface area contributed by atoms with Crippen molar-refractivity contribution >= 4 is 25.7 Å². The number of carbonyl (C=O) groups excluding carboxylic acids is 1. The molecule has 0 spiro atoms. The second kappa shape index (κ2) is 4.88. The zero-order chi connectivity index (χ0) is 12.3. The first-order valence-electron chi connectivity index (χ1n) is 4.61. The van der Waals surface area contributed by atoms with E-state index in [1.807, 2.05) is 13.8 Å². The molecule has 0 unspecified atom stereocenters. The van der Waals surface area contributed by atoms with Gasteiger partial charge in [0.15, 0.2) is 0 Å². The summed E-state index contributed by atoms with van der Waals surface area (Å²) in [6.45, 7) is 4.08. The Kier molecular flexibility index (Phi) is 3.98. The number of hydrogen-bond acceptors (Lipinski definition) is 4.